The van der Waals surface area contributed by atoms with Gasteiger partial charge in [-0.15, -0.1) is 0 Å². The standard InChI is InChI=1S/C13H17N3O2/c1-2-11(14)9-3-5-10(6-4-9)16-7-12(17)15-13(18)8-16/h3-6,11H,2,7-8,14H2,1H3,(H,15,17,18). The highest BCUT2D eigenvalue weighted by Crippen LogP contribution is 2.20. The lowest BCUT2D eigenvalue weighted by Gasteiger charge is -2.27. The second-order valence-electron chi connectivity index (χ2n) is 4.43. The fraction of sp³-hybridized carbons (Fsp3) is 0.385. The second kappa shape index (κ2) is 5.18. The number of hydrogen-bond donors (Lipinski definition) is 2. The Balaban J connectivity index is 2.14. The van der Waals surface area contributed by atoms with Crippen molar-refractivity contribution in [3.8, 4) is 0 Å². The number of hydrogen-bond acceptors (Lipinski definition) is 4. The highest BCUT2D eigenvalue weighted by molar-refractivity contribution is 6.02. The third kappa shape index (κ3) is 2.68. The first-order valence-corrected chi connectivity index (χ1v) is 6.03. The molecule has 5 heteroatoms. The normalized spacial score (nSPS) is 17.6. The number of piperazine rings is 1. The quantitative estimate of drug-likeness (QED) is 0.765. The Bertz CT molecular complexity index is 440. The average Bonchev–Trinajstić information content (AvgIpc) is 2.37. The summed E-state index contributed by atoms with van der Waals surface area (Å²) in [6.07, 6.45) is 0.879. The molecule has 18 heavy (non-hydrogen) atoms. The SMILES string of the molecule is CCC(N)c1ccc(N2CC(=O)NC(=O)C2)cc1. The van der Waals surface area contributed by atoms with Crippen molar-refractivity contribution < 1.29 is 9.59 Å². The number of carbonyl (C=O) groups is 2. The smallest absolute Gasteiger partial charge is 0.246 e. The first-order chi connectivity index (χ1) is 8.60. The van der Waals surface area contributed by atoms with Crippen molar-refractivity contribution in [3.05, 3.63) is 29.8 Å². The molecule has 0 aromatic heterocycles. The van der Waals surface area contributed by atoms with E-state index in [2.05, 4.69) is 5.32 Å². The molecule has 0 saturated carbocycles. The number of carbonyl (C=O) groups excluding carboxylic acids is 2. The summed E-state index contributed by atoms with van der Waals surface area (Å²) in [5, 5.41) is 2.28. The lowest BCUT2D eigenvalue weighted by atomic mass is 10.0. The Kier molecular flexibility index (Phi) is 3.62. The zero-order valence-corrected chi connectivity index (χ0v) is 10.3. The van der Waals surface area contributed by atoms with Crippen LogP contribution in [0.1, 0.15) is 24.9 Å². The molecular formula is C13H17N3O2. The van der Waals surface area contributed by atoms with E-state index < -0.39 is 0 Å². The molecule has 1 heterocycles. The van der Waals surface area contributed by atoms with Crippen molar-refractivity contribution in [3.63, 3.8) is 0 Å². The van der Waals surface area contributed by atoms with E-state index >= 15 is 0 Å². The first kappa shape index (κ1) is 12.6. The summed E-state index contributed by atoms with van der Waals surface area (Å²) < 4.78 is 0. The molecule has 0 spiro atoms. The van der Waals surface area contributed by atoms with Gasteiger partial charge in [-0.25, -0.2) is 0 Å². The van der Waals surface area contributed by atoms with Crippen LogP contribution in [-0.4, -0.2) is 24.9 Å². The van der Waals surface area contributed by atoms with Gasteiger partial charge in [0.2, 0.25) is 11.8 Å². The van der Waals surface area contributed by atoms with Gasteiger partial charge in [0.15, 0.2) is 0 Å². The number of nitrogens with one attached hydrogen (secondary N) is 1. The van der Waals surface area contributed by atoms with Crippen LogP contribution in [-0.2, 0) is 9.59 Å². The molecule has 1 aromatic rings. The Labute approximate surface area is 106 Å². The maximum atomic E-state index is 11.3. The Morgan fingerprint density at radius 2 is 1.78 bits per heavy atom. The zero-order chi connectivity index (χ0) is 13.1. The van der Waals surface area contributed by atoms with Crippen LogP contribution in [0.2, 0.25) is 0 Å². The van der Waals surface area contributed by atoms with Crippen molar-refractivity contribution in [2.75, 3.05) is 18.0 Å². The van der Waals surface area contributed by atoms with Crippen molar-refractivity contribution in [2.24, 2.45) is 5.73 Å². The van der Waals surface area contributed by atoms with Crippen LogP contribution in [0.4, 0.5) is 5.69 Å². The van der Waals surface area contributed by atoms with Gasteiger partial charge in [0.25, 0.3) is 0 Å². The summed E-state index contributed by atoms with van der Waals surface area (Å²) in [6.45, 7) is 2.46. The molecule has 1 aromatic carbocycles. The molecule has 3 N–H and O–H groups in total. The van der Waals surface area contributed by atoms with Gasteiger partial charge in [0, 0.05) is 11.7 Å². The van der Waals surface area contributed by atoms with E-state index in [-0.39, 0.29) is 30.9 Å². The number of imide groups is 1. The van der Waals surface area contributed by atoms with Crippen LogP contribution in [0.3, 0.4) is 0 Å². The van der Waals surface area contributed by atoms with Crippen LogP contribution >= 0.6 is 0 Å². The molecule has 1 atom stereocenters. The van der Waals surface area contributed by atoms with Crippen molar-refractivity contribution in [1.82, 2.24) is 5.32 Å². The number of anilines is 1. The summed E-state index contributed by atoms with van der Waals surface area (Å²) in [4.78, 5) is 24.3. The van der Waals surface area contributed by atoms with Gasteiger partial charge in [-0.1, -0.05) is 19.1 Å². The highest BCUT2D eigenvalue weighted by Gasteiger charge is 2.22. The predicted octanol–water partition coefficient (Wildman–Crippen LogP) is 0.559. The number of amides is 2. The molecular weight excluding hydrogens is 230 g/mol. The number of nitrogens with zero attached hydrogens (tertiary/aromatic N) is 1. The average molecular weight is 247 g/mol. The molecule has 1 aliphatic heterocycles. The van der Waals surface area contributed by atoms with Crippen LogP contribution in [0.5, 0.6) is 0 Å². The summed E-state index contributed by atoms with van der Waals surface area (Å²) in [5.41, 5.74) is 7.86. The molecule has 2 amide bonds. The number of nitrogens with two attached hydrogens (primary N) is 1. The molecule has 1 fully saturated rings. The van der Waals surface area contributed by atoms with Gasteiger partial charge < -0.3 is 10.6 Å². The fourth-order valence-corrected chi connectivity index (χ4v) is 1.99. The van der Waals surface area contributed by atoms with E-state index in [0.29, 0.717) is 0 Å². The molecule has 1 aliphatic rings. The van der Waals surface area contributed by atoms with Crippen molar-refractivity contribution >= 4 is 17.5 Å². The highest BCUT2D eigenvalue weighted by atomic mass is 16.2. The Hall–Kier alpha value is -1.88. The minimum absolute atomic E-state index is 0.0327. The Morgan fingerprint density at radius 1 is 1.22 bits per heavy atom. The van der Waals surface area contributed by atoms with Gasteiger partial charge in [-0.2, -0.15) is 0 Å². The van der Waals surface area contributed by atoms with Crippen LogP contribution in [0.25, 0.3) is 0 Å². The molecule has 1 unspecified atom stereocenters. The van der Waals surface area contributed by atoms with Gasteiger partial charge in [0.05, 0.1) is 13.1 Å². The lowest BCUT2D eigenvalue weighted by Crippen LogP contribution is -2.51. The van der Waals surface area contributed by atoms with E-state index in [4.69, 9.17) is 5.73 Å². The van der Waals surface area contributed by atoms with E-state index in [1.165, 1.54) is 0 Å². The topological polar surface area (TPSA) is 75.4 Å². The maximum Gasteiger partial charge on any atom is 0.246 e. The first-order valence-electron chi connectivity index (χ1n) is 6.03. The molecule has 5 nitrogen and oxygen atoms in total. The predicted molar refractivity (Wildman–Crippen MR) is 69.0 cm³/mol. The number of benzene rings is 1. The third-order valence-corrected chi connectivity index (χ3v) is 3.07. The maximum absolute atomic E-state index is 11.3. The monoisotopic (exact) mass is 247 g/mol. The van der Waals surface area contributed by atoms with E-state index in [1.807, 2.05) is 31.2 Å². The molecule has 2 rings (SSSR count). The summed E-state index contributed by atoms with van der Waals surface area (Å²) in [6, 6.07) is 7.72. The van der Waals surface area contributed by atoms with Gasteiger partial charge in [-0.3, -0.25) is 14.9 Å². The minimum atomic E-state index is -0.263. The van der Waals surface area contributed by atoms with Crippen molar-refractivity contribution in [2.45, 2.75) is 19.4 Å². The molecule has 0 aliphatic carbocycles. The molecule has 0 bridgehead atoms. The lowest BCUT2D eigenvalue weighted by molar-refractivity contribution is -0.130. The largest absolute Gasteiger partial charge is 0.353 e. The van der Waals surface area contributed by atoms with Gasteiger partial charge in [-0.05, 0) is 24.1 Å². The van der Waals surface area contributed by atoms with E-state index in [0.717, 1.165) is 17.7 Å². The third-order valence-electron chi connectivity index (χ3n) is 3.07. The van der Waals surface area contributed by atoms with Crippen molar-refractivity contribution in [1.29, 1.82) is 0 Å². The molecule has 96 valence electrons. The zero-order valence-electron chi connectivity index (χ0n) is 10.3. The van der Waals surface area contributed by atoms with Crippen LogP contribution in [0.15, 0.2) is 24.3 Å². The summed E-state index contributed by atoms with van der Waals surface area (Å²) >= 11 is 0. The van der Waals surface area contributed by atoms with E-state index in [9.17, 15) is 9.59 Å². The summed E-state index contributed by atoms with van der Waals surface area (Å²) in [7, 11) is 0. The Morgan fingerprint density at radius 3 is 2.28 bits per heavy atom. The summed E-state index contributed by atoms with van der Waals surface area (Å²) in [5.74, 6) is -0.527. The second-order valence-corrected chi connectivity index (χ2v) is 4.43. The van der Waals surface area contributed by atoms with Crippen LogP contribution in [0, 0.1) is 0 Å². The van der Waals surface area contributed by atoms with Gasteiger partial charge >= 0.3 is 0 Å². The number of rotatable bonds is 3. The molecule has 0 radical (unpaired) electrons. The molecule has 1 saturated heterocycles. The fourth-order valence-electron chi connectivity index (χ4n) is 1.99. The van der Waals surface area contributed by atoms with Crippen LogP contribution < -0.4 is 16.0 Å². The van der Waals surface area contributed by atoms with Gasteiger partial charge in [0.1, 0.15) is 0 Å². The van der Waals surface area contributed by atoms with E-state index in [1.54, 1.807) is 4.90 Å². The minimum Gasteiger partial charge on any atom is -0.353 e.